The number of nitrogens with one attached hydrogen (secondary N) is 2. The monoisotopic (exact) mass is 488 g/mol. The summed E-state index contributed by atoms with van der Waals surface area (Å²) in [5, 5.41) is 8.22. The Labute approximate surface area is 204 Å². The molecule has 2 N–H and O–H groups in total. The fourth-order valence-electron chi connectivity index (χ4n) is 4.16. The molecule has 0 radical (unpaired) electrons. The molecule has 35 heavy (non-hydrogen) atoms. The molecule has 1 unspecified atom stereocenters. The van der Waals surface area contributed by atoms with Crippen molar-refractivity contribution in [1.29, 1.82) is 0 Å². The fraction of sp³-hybridized carbons (Fsp3) is 0.154. The van der Waals surface area contributed by atoms with Crippen LogP contribution in [0.1, 0.15) is 29.7 Å². The van der Waals surface area contributed by atoms with Crippen LogP contribution in [0.25, 0.3) is 33.7 Å². The average molecular weight is 489 g/mol. The van der Waals surface area contributed by atoms with Crippen molar-refractivity contribution in [2.24, 2.45) is 0 Å². The number of aryl methyl sites for hydroxylation is 1. The minimum Gasteiger partial charge on any atom is -0.455 e. The van der Waals surface area contributed by atoms with Gasteiger partial charge in [0.1, 0.15) is 11.3 Å². The van der Waals surface area contributed by atoms with Crippen molar-refractivity contribution in [3.05, 3.63) is 97.3 Å². The normalized spacial score (nSPS) is 12.1. The number of aromatic nitrogens is 3. The summed E-state index contributed by atoms with van der Waals surface area (Å²) in [5.74, 6) is 0.0753. The van der Waals surface area contributed by atoms with Crippen LogP contribution in [0.2, 0.25) is 5.02 Å². The predicted molar refractivity (Wildman–Crippen MR) is 135 cm³/mol. The number of rotatable bonds is 5. The highest BCUT2D eigenvalue weighted by Crippen LogP contribution is 2.34. The van der Waals surface area contributed by atoms with E-state index in [1.165, 1.54) is 0 Å². The summed E-state index contributed by atoms with van der Waals surface area (Å²) in [6.07, 6.45) is 3.34. The van der Waals surface area contributed by atoms with Crippen molar-refractivity contribution >= 4 is 28.3 Å². The molecule has 1 atom stereocenters. The quantitative estimate of drug-likeness (QED) is 0.329. The minimum atomic E-state index is -0.663. The van der Waals surface area contributed by atoms with E-state index in [9.17, 15) is 9.59 Å². The number of pyridine rings is 1. The lowest BCUT2D eigenvalue weighted by molar-refractivity contribution is 0.388. The summed E-state index contributed by atoms with van der Waals surface area (Å²) >= 11 is 6.20. The van der Waals surface area contributed by atoms with Gasteiger partial charge in [-0.15, -0.1) is 0 Å². The third-order valence-electron chi connectivity index (χ3n) is 5.83. The summed E-state index contributed by atoms with van der Waals surface area (Å²) in [6, 6.07) is 12.4. The average Bonchev–Trinajstić information content (AvgIpc) is 3.29. The van der Waals surface area contributed by atoms with Crippen LogP contribution in [-0.4, -0.2) is 15.1 Å². The number of hydrogen-bond acceptors (Lipinski definition) is 7. The number of fused-ring (bicyclic) bond motifs is 1. The predicted octanol–water partition coefficient (Wildman–Crippen LogP) is 5.64. The molecule has 0 aliphatic heterocycles. The second kappa shape index (κ2) is 8.88. The van der Waals surface area contributed by atoms with Crippen molar-refractivity contribution in [1.82, 2.24) is 15.1 Å². The highest BCUT2D eigenvalue weighted by atomic mass is 35.5. The van der Waals surface area contributed by atoms with Crippen molar-refractivity contribution in [2.75, 3.05) is 5.32 Å². The van der Waals surface area contributed by atoms with Gasteiger partial charge in [0.2, 0.25) is 0 Å². The van der Waals surface area contributed by atoms with E-state index < -0.39 is 5.76 Å². The van der Waals surface area contributed by atoms with Crippen molar-refractivity contribution < 1.29 is 8.94 Å². The van der Waals surface area contributed by atoms with Crippen LogP contribution >= 0.6 is 11.6 Å². The van der Waals surface area contributed by atoms with Crippen molar-refractivity contribution in [3.63, 3.8) is 0 Å². The van der Waals surface area contributed by atoms with E-state index in [2.05, 4.69) is 25.0 Å². The van der Waals surface area contributed by atoms with E-state index in [0.717, 1.165) is 16.7 Å². The SMILES string of the molecule is Cc1cc(C(C)Nc2ccc(Cl)cc2-c2noc(=O)[nH]2)c2oc(-c3cccnc3)c(C)c(=O)c2c1. The van der Waals surface area contributed by atoms with Gasteiger partial charge in [-0.1, -0.05) is 22.8 Å². The van der Waals surface area contributed by atoms with Gasteiger partial charge in [0.15, 0.2) is 11.3 Å². The molecule has 0 amide bonds. The lowest BCUT2D eigenvalue weighted by Crippen LogP contribution is -2.13. The van der Waals surface area contributed by atoms with Gasteiger partial charge in [-0.25, -0.2) is 4.79 Å². The number of anilines is 1. The molecular formula is C26H21ClN4O4. The molecule has 0 spiro atoms. The Hall–Kier alpha value is -4.17. The first kappa shape index (κ1) is 22.6. The number of nitrogens with zero attached hydrogens (tertiary/aromatic N) is 2. The van der Waals surface area contributed by atoms with Crippen LogP contribution in [0, 0.1) is 13.8 Å². The number of H-pyrrole nitrogens is 1. The Morgan fingerprint density at radius 1 is 1.11 bits per heavy atom. The number of halogens is 1. The molecule has 0 bridgehead atoms. The maximum Gasteiger partial charge on any atom is 0.439 e. The summed E-state index contributed by atoms with van der Waals surface area (Å²) in [4.78, 5) is 31.5. The Bertz CT molecular complexity index is 1670. The molecule has 0 aliphatic rings. The summed E-state index contributed by atoms with van der Waals surface area (Å²) < 4.78 is 11.0. The van der Waals surface area contributed by atoms with Crippen molar-refractivity contribution in [2.45, 2.75) is 26.8 Å². The number of hydrogen-bond donors (Lipinski definition) is 2. The molecule has 9 heteroatoms. The summed E-state index contributed by atoms with van der Waals surface area (Å²) in [5.41, 5.74) is 4.63. The third-order valence-corrected chi connectivity index (χ3v) is 6.07. The van der Waals surface area contributed by atoms with Gasteiger partial charge < -0.3 is 9.73 Å². The smallest absolute Gasteiger partial charge is 0.439 e. The standard InChI is InChI=1S/C26H21ClN4O4/c1-13-9-18(15(3)29-21-7-6-17(27)11-19(21)25-30-26(33)35-31-25)24-20(10-13)22(32)14(2)23(34-24)16-5-4-8-28-12-16/h4-12,15,29H,1-3H3,(H,30,31,33). The maximum atomic E-state index is 13.3. The number of aromatic amines is 1. The number of benzene rings is 2. The van der Waals surface area contributed by atoms with E-state index in [-0.39, 0.29) is 17.3 Å². The Balaban J connectivity index is 1.65. The molecule has 5 rings (SSSR count). The fourth-order valence-corrected chi connectivity index (χ4v) is 4.33. The van der Waals surface area contributed by atoms with E-state index in [1.54, 1.807) is 43.6 Å². The first-order valence-electron chi connectivity index (χ1n) is 10.9. The molecule has 0 fully saturated rings. The Kier molecular flexibility index (Phi) is 5.74. The largest absolute Gasteiger partial charge is 0.455 e. The molecule has 0 saturated carbocycles. The minimum absolute atomic E-state index is 0.0883. The molecular weight excluding hydrogens is 468 g/mol. The Morgan fingerprint density at radius 3 is 2.66 bits per heavy atom. The van der Waals surface area contributed by atoms with E-state index in [4.69, 9.17) is 16.0 Å². The van der Waals surface area contributed by atoms with Gasteiger partial charge >= 0.3 is 5.76 Å². The molecule has 3 aromatic heterocycles. The van der Waals surface area contributed by atoms with Gasteiger partial charge in [0.05, 0.1) is 11.4 Å². The lowest BCUT2D eigenvalue weighted by Gasteiger charge is -2.20. The molecule has 0 saturated heterocycles. The van der Waals surface area contributed by atoms with Gasteiger partial charge in [-0.3, -0.25) is 19.3 Å². The molecule has 2 aromatic carbocycles. The molecule has 176 valence electrons. The third kappa shape index (κ3) is 4.24. The first-order chi connectivity index (χ1) is 16.8. The molecule has 5 aromatic rings. The van der Waals surface area contributed by atoms with E-state index in [1.807, 2.05) is 32.0 Å². The van der Waals surface area contributed by atoms with Gasteiger partial charge in [-0.05, 0) is 62.7 Å². The van der Waals surface area contributed by atoms with Crippen LogP contribution in [0.5, 0.6) is 0 Å². The van der Waals surface area contributed by atoms with E-state index >= 15 is 0 Å². The molecule has 3 heterocycles. The highest BCUT2D eigenvalue weighted by Gasteiger charge is 2.20. The summed E-state index contributed by atoms with van der Waals surface area (Å²) in [7, 11) is 0. The second-order valence-corrected chi connectivity index (χ2v) is 8.79. The van der Waals surface area contributed by atoms with Crippen LogP contribution in [0.15, 0.2) is 73.4 Å². The zero-order valence-electron chi connectivity index (χ0n) is 19.2. The zero-order valence-corrected chi connectivity index (χ0v) is 19.9. The summed E-state index contributed by atoms with van der Waals surface area (Å²) in [6.45, 7) is 5.66. The van der Waals surface area contributed by atoms with Crippen LogP contribution in [0.3, 0.4) is 0 Å². The highest BCUT2D eigenvalue weighted by molar-refractivity contribution is 6.31. The Morgan fingerprint density at radius 2 is 1.94 bits per heavy atom. The van der Waals surface area contributed by atoms with Gasteiger partial charge in [-0.2, -0.15) is 0 Å². The first-order valence-corrected chi connectivity index (χ1v) is 11.3. The van der Waals surface area contributed by atoms with Gasteiger partial charge in [0.25, 0.3) is 0 Å². The van der Waals surface area contributed by atoms with E-state index in [0.29, 0.717) is 38.6 Å². The molecule has 8 nitrogen and oxygen atoms in total. The van der Waals surface area contributed by atoms with Crippen LogP contribution in [-0.2, 0) is 0 Å². The van der Waals surface area contributed by atoms with Crippen molar-refractivity contribution in [3.8, 4) is 22.7 Å². The van der Waals surface area contributed by atoms with Crippen LogP contribution in [0.4, 0.5) is 5.69 Å². The zero-order chi connectivity index (χ0) is 24.7. The van der Waals surface area contributed by atoms with Crippen LogP contribution < -0.4 is 16.5 Å². The maximum absolute atomic E-state index is 13.3. The topological polar surface area (TPSA) is 114 Å². The second-order valence-electron chi connectivity index (χ2n) is 8.36. The molecule has 0 aliphatic carbocycles. The lowest BCUT2D eigenvalue weighted by atomic mass is 9.98. The van der Waals surface area contributed by atoms with Gasteiger partial charge in [0, 0.05) is 45.4 Å².